The van der Waals surface area contributed by atoms with Crippen molar-refractivity contribution in [1.82, 2.24) is 0 Å². The fraction of sp³-hybridized carbons (Fsp3) is 0.773. The molecule has 0 aliphatic carbocycles. The summed E-state index contributed by atoms with van der Waals surface area (Å²) in [4.78, 5) is 18.8. The Morgan fingerprint density at radius 3 is 1.03 bits per heavy atom. The molecule has 0 spiro atoms. The Balaban J connectivity index is -0.000000150. The number of carboxylic acids is 2. The topological polar surface area (TPSA) is 80.3 Å². The molecule has 0 aromatic carbocycles. The van der Waals surface area contributed by atoms with Crippen molar-refractivity contribution in [1.29, 1.82) is 0 Å². The molecule has 0 aromatic heterocycles. The minimum atomic E-state index is -1.55. The second kappa shape index (κ2) is 37.0. The van der Waals surface area contributed by atoms with Gasteiger partial charge in [-0.05, 0) is 12.2 Å². The second-order valence-corrected chi connectivity index (χ2v) is 6.77. The Kier molecular flexibility index (Phi) is 52.3. The third-order valence-corrected chi connectivity index (χ3v) is 4.21. The van der Waals surface area contributed by atoms with Crippen LogP contribution in [-0.4, -0.2) is 11.9 Å². The summed E-state index contributed by atoms with van der Waals surface area (Å²) in [5.74, 6) is -3.09. The van der Waals surface area contributed by atoms with Gasteiger partial charge >= 0.3 is 88.7 Å². The van der Waals surface area contributed by atoms with Gasteiger partial charge in [0.05, 0.1) is 11.9 Å². The average Bonchev–Trinajstić information content (AvgIpc) is 2.61. The first-order chi connectivity index (χ1) is 12.5. The van der Waals surface area contributed by atoms with Crippen molar-refractivity contribution in [3.05, 3.63) is 19.1 Å². The van der Waals surface area contributed by atoms with E-state index in [4.69, 9.17) is 0 Å². The van der Waals surface area contributed by atoms with Gasteiger partial charge in [-0.25, -0.2) is 0 Å². The van der Waals surface area contributed by atoms with Crippen molar-refractivity contribution in [3.63, 3.8) is 0 Å². The molecule has 0 amide bonds. The standard InChI is InChI=1S/C18H37.C4H4O4.3Na/c1-3-5-7-9-11-13-15-17-18-16-14-12-10-8-6-4-2;5-3(6)1-2-4(7)8;;;/h1,3-18H2,2H3;1-2H,(H,5,6)(H,7,8);;;/q-1;;3*+1/p-2/b;2-1+;;;. The van der Waals surface area contributed by atoms with Crippen LogP contribution in [0.4, 0.5) is 0 Å². The van der Waals surface area contributed by atoms with Gasteiger partial charge < -0.3 is 26.7 Å². The number of aliphatic carboxylic acids is 2. The summed E-state index contributed by atoms with van der Waals surface area (Å²) in [5, 5.41) is 18.8. The maximum atomic E-state index is 9.41. The zero-order chi connectivity index (χ0) is 19.9. The normalized spacial score (nSPS) is 9.45. The third-order valence-electron chi connectivity index (χ3n) is 4.21. The molecule has 7 heteroatoms. The first-order valence-corrected chi connectivity index (χ1v) is 10.4. The first kappa shape index (κ1) is 41.0. The van der Waals surface area contributed by atoms with Crippen LogP contribution in [-0.2, 0) is 9.59 Å². The molecule has 0 aliphatic heterocycles. The SMILES string of the molecule is O=C([O-])/C=C/C(=O)[O-].[CH2-]CCCCCCCCCCCCCCCCC.[Na+].[Na+].[Na+]. The third kappa shape index (κ3) is 48.4. The largest absolute Gasteiger partial charge is 1.00 e. The van der Waals surface area contributed by atoms with Crippen molar-refractivity contribution in [2.45, 2.75) is 110 Å². The summed E-state index contributed by atoms with van der Waals surface area (Å²) in [6.45, 7) is 6.18. The Bertz CT molecular complexity index is 319. The molecular formula is C22H39Na3O4. The van der Waals surface area contributed by atoms with Gasteiger partial charge in [-0.15, -0.1) is 0 Å². The maximum Gasteiger partial charge on any atom is 1.00 e. The number of hydrogen-bond acceptors (Lipinski definition) is 4. The molecular weight excluding hydrogens is 397 g/mol. The van der Waals surface area contributed by atoms with Gasteiger partial charge in [-0.1, -0.05) is 103 Å². The van der Waals surface area contributed by atoms with Gasteiger partial charge in [0, 0.05) is 0 Å². The van der Waals surface area contributed by atoms with Crippen LogP contribution in [0.25, 0.3) is 0 Å². The molecule has 0 rings (SSSR count). The zero-order valence-electron chi connectivity index (χ0n) is 19.8. The van der Waals surface area contributed by atoms with Crippen LogP contribution >= 0.6 is 0 Å². The van der Waals surface area contributed by atoms with Crippen LogP contribution < -0.4 is 98.9 Å². The smallest absolute Gasteiger partial charge is 0.545 e. The molecule has 0 saturated carbocycles. The second-order valence-electron chi connectivity index (χ2n) is 6.77. The van der Waals surface area contributed by atoms with Gasteiger partial charge in [0.15, 0.2) is 0 Å². The van der Waals surface area contributed by atoms with E-state index in [1.807, 2.05) is 0 Å². The van der Waals surface area contributed by atoms with Gasteiger partial charge in [-0.2, -0.15) is 6.42 Å². The number of carboxylic acid groups (broad SMARTS) is 2. The number of carbonyl (C=O) groups excluding carboxylic acids is 2. The first-order valence-electron chi connectivity index (χ1n) is 10.4. The summed E-state index contributed by atoms with van der Waals surface area (Å²) in [7, 11) is 0. The van der Waals surface area contributed by atoms with E-state index in [0.717, 1.165) is 6.42 Å². The van der Waals surface area contributed by atoms with Gasteiger partial charge in [0.1, 0.15) is 0 Å². The van der Waals surface area contributed by atoms with E-state index < -0.39 is 11.9 Å². The summed E-state index contributed by atoms with van der Waals surface area (Å²) < 4.78 is 0. The zero-order valence-corrected chi connectivity index (χ0v) is 25.8. The maximum absolute atomic E-state index is 9.41. The van der Waals surface area contributed by atoms with E-state index in [2.05, 4.69) is 13.8 Å². The fourth-order valence-corrected chi connectivity index (χ4v) is 2.68. The van der Waals surface area contributed by atoms with E-state index in [1.54, 1.807) is 0 Å². The predicted octanol–water partition coefficient (Wildman–Crippen LogP) is -4.86. The van der Waals surface area contributed by atoms with Crippen LogP contribution in [0.2, 0.25) is 0 Å². The molecule has 0 N–H and O–H groups in total. The van der Waals surface area contributed by atoms with Gasteiger partial charge in [-0.3, -0.25) is 0 Å². The van der Waals surface area contributed by atoms with Gasteiger partial charge in [0.25, 0.3) is 0 Å². The molecule has 0 saturated heterocycles. The van der Waals surface area contributed by atoms with E-state index in [1.165, 1.54) is 96.3 Å². The van der Waals surface area contributed by atoms with Crippen molar-refractivity contribution in [3.8, 4) is 0 Å². The molecule has 0 heterocycles. The molecule has 0 unspecified atom stereocenters. The van der Waals surface area contributed by atoms with E-state index in [9.17, 15) is 19.8 Å². The molecule has 0 bridgehead atoms. The van der Waals surface area contributed by atoms with Gasteiger partial charge in [0.2, 0.25) is 0 Å². The Morgan fingerprint density at radius 1 is 0.586 bits per heavy atom. The van der Waals surface area contributed by atoms with Crippen LogP contribution in [0.1, 0.15) is 110 Å². The molecule has 0 aliphatic rings. The molecule has 0 fully saturated rings. The molecule has 4 nitrogen and oxygen atoms in total. The van der Waals surface area contributed by atoms with Crippen molar-refractivity contribution < 1.29 is 108 Å². The Morgan fingerprint density at radius 2 is 0.828 bits per heavy atom. The molecule has 154 valence electrons. The number of unbranched alkanes of at least 4 members (excludes halogenated alkanes) is 15. The van der Waals surface area contributed by atoms with Crippen LogP contribution in [0.5, 0.6) is 0 Å². The van der Waals surface area contributed by atoms with Crippen molar-refractivity contribution >= 4 is 11.9 Å². The van der Waals surface area contributed by atoms with Crippen LogP contribution in [0, 0.1) is 6.92 Å². The van der Waals surface area contributed by atoms with Crippen molar-refractivity contribution in [2.24, 2.45) is 0 Å². The van der Waals surface area contributed by atoms with E-state index in [0.29, 0.717) is 12.2 Å². The minimum Gasteiger partial charge on any atom is -0.545 e. The fourth-order valence-electron chi connectivity index (χ4n) is 2.68. The number of carbonyl (C=O) groups is 2. The quantitative estimate of drug-likeness (QED) is 0.0992. The summed E-state index contributed by atoms with van der Waals surface area (Å²) in [6, 6.07) is 0. The molecule has 0 atom stereocenters. The molecule has 0 aromatic rings. The Labute approximate surface area is 246 Å². The summed E-state index contributed by atoms with van der Waals surface area (Å²) in [5.41, 5.74) is 0. The van der Waals surface area contributed by atoms with E-state index in [-0.39, 0.29) is 88.7 Å². The Hall–Kier alpha value is 1.68. The molecule has 29 heavy (non-hydrogen) atoms. The summed E-state index contributed by atoms with van der Waals surface area (Å²) >= 11 is 0. The summed E-state index contributed by atoms with van der Waals surface area (Å²) in [6.07, 6.45) is 23.6. The number of hydrogen-bond donors (Lipinski definition) is 0. The average molecular weight is 437 g/mol. The van der Waals surface area contributed by atoms with Crippen molar-refractivity contribution in [2.75, 3.05) is 0 Å². The van der Waals surface area contributed by atoms with Crippen LogP contribution in [0.3, 0.4) is 0 Å². The molecule has 0 radical (unpaired) electrons. The van der Waals surface area contributed by atoms with Crippen LogP contribution in [0.15, 0.2) is 12.2 Å². The predicted molar refractivity (Wildman–Crippen MR) is 104 cm³/mol. The van der Waals surface area contributed by atoms with E-state index >= 15 is 0 Å². The minimum absolute atomic E-state index is 0. The monoisotopic (exact) mass is 436 g/mol. The number of rotatable bonds is 17.